The van der Waals surface area contributed by atoms with E-state index in [0.717, 1.165) is 18.2 Å². The number of phenols is 2. The van der Waals surface area contributed by atoms with Gasteiger partial charge in [0.15, 0.2) is 24.0 Å². The number of aromatic hydroxyl groups is 2. The van der Waals surface area contributed by atoms with Crippen molar-refractivity contribution in [1.82, 2.24) is 5.32 Å². The van der Waals surface area contributed by atoms with Crippen LogP contribution >= 0.6 is 0 Å². The molecular weight excluding hydrogens is 845 g/mol. The van der Waals surface area contributed by atoms with Crippen LogP contribution in [0.25, 0.3) is 0 Å². The minimum atomic E-state index is -2.45. The number of amides is 1. The summed E-state index contributed by atoms with van der Waals surface area (Å²) in [5.41, 5.74) is -4.82. The van der Waals surface area contributed by atoms with E-state index in [0.29, 0.717) is 0 Å². The van der Waals surface area contributed by atoms with Crippen LogP contribution in [0.1, 0.15) is 74.4 Å². The summed E-state index contributed by atoms with van der Waals surface area (Å²) < 4.78 is 47.6. The van der Waals surface area contributed by atoms with Crippen molar-refractivity contribution in [1.29, 1.82) is 0 Å². The number of ketones is 3. The number of hydrogen-bond donors (Lipinski definition) is 10. The molecule has 11 atom stereocenters. The topological polar surface area (TPSA) is 335 Å². The molecule has 0 aromatic heterocycles. The zero-order valence-electron chi connectivity index (χ0n) is 33.2. The van der Waals surface area contributed by atoms with Crippen molar-refractivity contribution in [3.63, 3.8) is 0 Å². The van der Waals surface area contributed by atoms with Gasteiger partial charge in [0, 0.05) is 41.5 Å². The van der Waals surface area contributed by atoms with E-state index in [4.69, 9.17) is 28.4 Å². The Morgan fingerprint density at radius 1 is 0.921 bits per heavy atom. The van der Waals surface area contributed by atoms with Gasteiger partial charge < -0.3 is 79.7 Å². The summed E-state index contributed by atoms with van der Waals surface area (Å²) in [4.78, 5) is 65.4. The Bertz CT molecular complexity index is 2360. The second kappa shape index (κ2) is 17.4. The van der Waals surface area contributed by atoms with Gasteiger partial charge in [-0.2, -0.15) is 0 Å². The highest BCUT2D eigenvalue weighted by molar-refractivity contribution is 6.31. The van der Waals surface area contributed by atoms with Gasteiger partial charge in [0.25, 0.3) is 0 Å². The normalized spacial score (nSPS) is 30.0. The van der Waals surface area contributed by atoms with Gasteiger partial charge >= 0.3 is 12.1 Å². The van der Waals surface area contributed by atoms with E-state index in [1.165, 1.54) is 32.2 Å². The number of benzene rings is 3. The number of methoxy groups -OCH3 is 1. The van der Waals surface area contributed by atoms with Gasteiger partial charge in [0.1, 0.15) is 72.0 Å². The maximum atomic E-state index is 14.4. The summed E-state index contributed by atoms with van der Waals surface area (Å²) in [6.07, 6.45) is -18.5. The Hall–Kier alpha value is -5.82. The summed E-state index contributed by atoms with van der Waals surface area (Å²) >= 11 is 0. The molecule has 0 radical (unpaired) electrons. The average molecular weight is 888 g/mol. The molecule has 1 amide bonds. The molecule has 10 N–H and O–H groups in total. The van der Waals surface area contributed by atoms with Crippen LogP contribution in [0.5, 0.6) is 23.0 Å². The van der Waals surface area contributed by atoms with E-state index >= 15 is 0 Å². The van der Waals surface area contributed by atoms with Gasteiger partial charge in [0.05, 0.1) is 42.0 Å². The van der Waals surface area contributed by atoms with Crippen molar-refractivity contribution in [2.45, 2.75) is 99.7 Å². The highest BCUT2D eigenvalue weighted by Gasteiger charge is 2.51. The van der Waals surface area contributed by atoms with E-state index in [1.807, 2.05) is 0 Å². The number of fused-ring (bicyclic) bond motifs is 3. The number of aliphatic carboxylic acids is 1. The predicted molar refractivity (Wildman–Crippen MR) is 202 cm³/mol. The lowest BCUT2D eigenvalue weighted by Crippen LogP contribution is -2.61. The van der Waals surface area contributed by atoms with Gasteiger partial charge in [-0.05, 0) is 31.2 Å². The maximum Gasteiger partial charge on any atom is 0.407 e. The van der Waals surface area contributed by atoms with Crippen LogP contribution in [0.3, 0.4) is 0 Å². The molecule has 0 unspecified atom stereocenters. The number of nitrogens with one attached hydrogen (secondary N) is 1. The first kappa shape index (κ1) is 45.2. The minimum Gasteiger partial charge on any atom is -0.507 e. The first-order chi connectivity index (χ1) is 29.8. The highest BCUT2D eigenvalue weighted by atomic mass is 19.1. The lowest BCUT2D eigenvalue weighted by molar-refractivity contribution is -0.271. The summed E-state index contributed by atoms with van der Waals surface area (Å²) in [5.74, 6) is -7.34. The molecule has 2 aliphatic carbocycles. The number of rotatable bonds is 11. The SMILES string of the molecule is COc1cccc2c1C(=O)c1c(O)c3c(c(O)c1C2=O)C[C@@](O)(C(=O)CO)C[C@@H]3O[C@H]1C[C@@H](NC(=O)OCc2cc(F)ccc2O[C@@H]2O[C@@H](C(=O)O)[C@@H](O)[C@H](O)[C@@H]2O)[C@H](O)[C@H](C)O1. The standard InChI is InChI=1S/C41H42FNO20/c1-14-29(46)19(43-40(56)59-13-15-8-16(42)6-7-20(15)62-39-36(53)34(51)35(52)37(63-39)38(54)55)9-24(60-14)61-22-11-41(57,23(45)12-44)10-18-26(22)33(50)28-27(31(18)48)30(47)17-4-3-5-21(58-2)25(17)32(28)49/h3-8,14,19,22,24,29,34-37,39,44,46,48,50-53,57H,9-13H2,1-2H3,(H,43,56)(H,54,55)/t14-,19+,22-,24-,29+,34-,35-,36-,37+,39+,41-/m0/s1. The Kier molecular flexibility index (Phi) is 12.5. The van der Waals surface area contributed by atoms with Crippen LogP contribution in [0, 0.1) is 5.82 Å². The fourth-order valence-electron chi connectivity index (χ4n) is 8.25. The largest absolute Gasteiger partial charge is 0.507 e. The van der Waals surface area contributed by atoms with E-state index < -0.39 is 151 Å². The maximum absolute atomic E-state index is 14.4. The summed E-state index contributed by atoms with van der Waals surface area (Å²) in [6, 6.07) is 5.76. The highest BCUT2D eigenvalue weighted by Crippen LogP contribution is 2.52. The number of carbonyl (C=O) groups is 5. The number of hydrogen-bond acceptors (Lipinski definition) is 19. The van der Waals surface area contributed by atoms with Crippen molar-refractivity contribution in [3.8, 4) is 23.0 Å². The van der Waals surface area contributed by atoms with Gasteiger partial charge in [0.2, 0.25) is 12.1 Å². The predicted octanol–water partition coefficient (Wildman–Crippen LogP) is -0.621. The number of carboxylic acids is 1. The number of phenolic OH excluding ortho intramolecular Hbond substituents is 2. The molecule has 0 spiro atoms. The van der Waals surface area contributed by atoms with Crippen molar-refractivity contribution in [2.75, 3.05) is 13.7 Å². The second-order valence-corrected chi connectivity index (χ2v) is 15.4. The fraction of sp³-hybridized carbons (Fsp3) is 0.439. The number of ether oxygens (including phenoxy) is 6. The smallest absolute Gasteiger partial charge is 0.407 e. The van der Waals surface area contributed by atoms with Crippen molar-refractivity contribution in [2.24, 2.45) is 0 Å². The molecule has 338 valence electrons. The van der Waals surface area contributed by atoms with Crippen molar-refractivity contribution >= 4 is 29.4 Å². The molecule has 22 heteroatoms. The fourth-order valence-corrected chi connectivity index (χ4v) is 8.25. The van der Waals surface area contributed by atoms with Crippen LogP contribution < -0.4 is 14.8 Å². The average Bonchev–Trinajstić information content (AvgIpc) is 3.24. The molecule has 7 rings (SSSR count). The van der Waals surface area contributed by atoms with Crippen LogP contribution in [0.15, 0.2) is 36.4 Å². The van der Waals surface area contributed by atoms with Gasteiger partial charge in [-0.3, -0.25) is 14.4 Å². The van der Waals surface area contributed by atoms with E-state index in [9.17, 15) is 74.3 Å². The monoisotopic (exact) mass is 887 g/mol. The van der Waals surface area contributed by atoms with Crippen molar-refractivity contribution in [3.05, 3.63) is 81.2 Å². The Balaban J connectivity index is 1.11. The minimum absolute atomic E-state index is 0.000532. The molecule has 2 saturated heterocycles. The molecule has 0 saturated carbocycles. The number of halogens is 1. The number of carboxylic acid groups (broad SMARTS) is 1. The molecule has 4 aliphatic rings. The molecule has 21 nitrogen and oxygen atoms in total. The van der Waals surface area contributed by atoms with Gasteiger partial charge in [-0.25, -0.2) is 14.0 Å². The lowest BCUT2D eigenvalue weighted by Gasteiger charge is -2.42. The number of aliphatic hydroxyl groups excluding tert-OH is 5. The Labute approximate surface area is 354 Å². The summed E-state index contributed by atoms with van der Waals surface area (Å²) in [5, 5.41) is 98.0. The number of carbonyl (C=O) groups excluding carboxylic acids is 4. The molecule has 0 bridgehead atoms. The van der Waals surface area contributed by atoms with Gasteiger partial charge in [-0.15, -0.1) is 0 Å². The first-order valence-electron chi connectivity index (χ1n) is 19.3. The molecule has 63 heavy (non-hydrogen) atoms. The van der Waals surface area contributed by atoms with Crippen LogP contribution in [0.2, 0.25) is 0 Å². The quantitative estimate of drug-likeness (QED) is 0.0839. The molecule has 2 aliphatic heterocycles. The molecule has 3 aromatic carbocycles. The van der Waals surface area contributed by atoms with Gasteiger partial charge in [-0.1, -0.05) is 12.1 Å². The molecular formula is C41H42FNO20. The zero-order valence-corrected chi connectivity index (χ0v) is 33.2. The Morgan fingerprint density at radius 2 is 1.63 bits per heavy atom. The third kappa shape index (κ3) is 8.16. The Morgan fingerprint density at radius 3 is 2.32 bits per heavy atom. The zero-order chi connectivity index (χ0) is 45.8. The number of alkyl carbamates (subject to hydrolysis) is 1. The summed E-state index contributed by atoms with van der Waals surface area (Å²) in [6.45, 7) is -0.487. The van der Waals surface area contributed by atoms with E-state index in [2.05, 4.69) is 5.32 Å². The van der Waals surface area contributed by atoms with Crippen LogP contribution in [-0.2, 0) is 41.6 Å². The molecule has 3 aromatic rings. The van der Waals surface area contributed by atoms with E-state index in [1.54, 1.807) is 0 Å². The van der Waals surface area contributed by atoms with E-state index in [-0.39, 0.29) is 45.7 Å². The van der Waals surface area contributed by atoms with Crippen LogP contribution in [-0.4, -0.2) is 150 Å². The lowest BCUT2D eigenvalue weighted by atomic mass is 9.72. The second-order valence-electron chi connectivity index (χ2n) is 15.4. The number of Topliss-reactive ketones (excluding diaryl/α,β-unsaturated/α-hetero) is 1. The summed E-state index contributed by atoms with van der Waals surface area (Å²) in [7, 11) is 1.26. The third-order valence-electron chi connectivity index (χ3n) is 11.5. The first-order valence-corrected chi connectivity index (χ1v) is 19.3. The molecule has 2 fully saturated rings. The van der Waals surface area contributed by atoms with Crippen molar-refractivity contribution < 1.29 is 103 Å². The third-order valence-corrected chi connectivity index (χ3v) is 11.5. The van der Waals surface area contributed by atoms with Crippen LogP contribution in [0.4, 0.5) is 9.18 Å². The molecule has 2 heterocycles. The number of aliphatic hydroxyl groups is 6.